The van der Waals surface area contributed by atoms with E-state index in [1.807, 2.05) is 0 Å². The molecule has 78 valence electrons. The van der Waals surface area contributed by atoms with Crippen molar-refractivity contribution >= 4 is 17.2 Å². The van der Waals surface area contributed by atoms with Crippen molar-refractivity contribution in [2.45, 2.75) is 19.8 Å². The van der Waals surface area contributed by atoms with Crippen molar-refractivity contribution in [1.29, 1.82) is 0 Å². The highest BCUT2D eigenvalue weighted by molar-refractivity contribution is 7.80. The summed E-state index contributed by atoms with van der Waals surface area (Å²) in [5.74, 6) is 0. The molecule has 0 amide bonds. The Labute approximate surface area is 86.2 Å². The average Bonchev–Trinajstić information content (AvgIpc) is 2.04. The Morgan fingerprint density at radius 2 is 2.15 bits per heavy atom. The molecular formula is C9H20N2OS. The van der Waals surface area contributed by atoms with Gasteiger partial charge in [-0.15, -0.1) is 0 Å². The van der Waals surface area contributed by atoms with Crippen LogP contribution in [0.2, 0.25) is 0 Å². The largest absolute Gasteiger partial charge is 0.392 e. The quantitative estimate of drug-likeness (QED) is 0.473. The molecule has 0 bridgehead atoms. The molecule has 0 aliphatic heterocycles. The minimum atomic E-state index is 0.575. The summed E-state index contributed by atoms with van der Waals surface area (Å²) in [6, 6.07) is 0. The molecule has 4 heteroatoms. The lowest BCUT2D eigenvalue weighted by atomic mass is 10.3. The number of nitrogens with two attached hydrogens (primary N) is 1. The molecule has 0 aliphatic carbocycles. The SMILES string of the molecule is CCCN(CCCOC)CC(N)=S. The van der Waals surface area contributed by atoms with Crippen LogP contribution in [0.15, 0.2) is 0 Å². The maximum absolute atomic E-state index is 5.49. The molecule has 0 heterocycles. The van der Waals surface area contributed by atoms with Gasteiger partial charge in [0.05, 0.1) is 4.99 Å². The summed E-state index contributed by atoms with van der Waals surface area (Å²) in [6.45, 7) is 5.76. The molecule has 0 aromatic heterocycles. The highest BCUT2D eigenvalue weighted by Gasteiger charge is 2.03. The summed E-state index contributed by atoms with van der Waals surface area (Å²) < 4.78 is 4.98. The zero-order chi connectivity index (χ0) is 10.1. The third kappa shape index (κ3) is 8.15. The second-order valence-corrected chi connectivity index (χ2v) is 3.61. The minimum Gasteiger partial charge on any atom is -0.392 e. The number of nitrogens with zero attached hydrogens (tertiary/aromatic N) is 1. The van der Waals surface area contributed by atoms with Gasteiger partial charge in [-0.2, -0.15) is 0 Å². The molecule has 3 nitrogen and oxygen atoms in total. The van der Waals surface area contributed by atoms with Crippen molar-refractivity contribution in [1.82, 2.24) is 4.90 Å². The van der Waals surface area contributed by atoms with Crippen LogP contribution in [0.1, 0.15) is 19.8 Å². The van der Waals surface area contributed by atoms with Gasteiger partial charge in [0.2, 0.25) is 0 Å². The van der Waals surface area contributed by atoms with Crippen LogP contribution in [0, 0.1) is 0 Å². The Kier molecular flexibility index (Phi) is 8.29. The molecule has 0 saturated heterocycles. The Hall–Kier alpha value is -0.190. The minimum absolute atomic E-state index is 0.575. The van der Waals surface area contributed by atoms with Crippen LogP contribution in [0.3, 0.4) is 0 Å². The Balaban J connectivity index is 3.59. The number of methoxy groups -OCH3 is 1. The second-order valence-electron chi connectivity index (χ2n) is 3.09. The van der Waals surface area contributed by atoms with Crippen molar-refractivity contribution in [3.8, 4) is 0 Å². The van der Waals surface area contributed by atoms with Crippen molar-refractivity contribution in [3.05, 3.63) is 0 Å². The van der Waals surface area contributed by atoms with Gasteiger partial charge >= 0.3 is 0 Å². The van der Waals surface area contributed by atoms with Crippen LogP contribution in [0.4, 0.5) is 0 Å². The fourth-order valence-corrected chi connectivity index (χ4v) is 1.42. The van der Waals surface area contributed by atoms with Crippen molar-refractivity contribution in [2.24, 2.45) is 5.73 Å². The number of hydrogen-bond acceptors (Lipinski definition) is 3. The third-order valence-corrected chi connectivity index (χ3v) is 1.87. The molecule has 0 spiro atoms. The Morgan fingerprint density at radius 1 is 1.46 bits per heavy atom. The Bertz CT molecular complexity index is 142. The maximum atomic E-state index is 5.49. The molecule has 0 unspecified atom stereocenters. The normalized spacial score (nSPS) is 10.7. The lowest BCUT2D eigenvalue weighted by molar-refractivity contribution is 0.177. The molecule has 0 aromatic rings. The molecule has 0 aromatic carbocycles. The first-order valence-electron chi connectivity index (χ1n) is 4.70. The predicted molar refractivity (Wildman–Crippen MR) is 60.0 cm³/mol. The molecular weight excluding hydrogens is 184 g/mol. The smallest absolute Gasteiger partial charge is 0.0870 e. The summed E-state index contributed by atoms with van der Waals surface area (Å²) in [5.41, 5.74) is 5.49. The molecule has 0 saturated carbocycles. The number of hydrogen-bond donors (Lipinski definition) is 1. The van der Waals surface area contributed by atoms with E-state index in [0.717, 1.165) is 39.1 Å². The third-order valence-electron chi connectivity index (χ3n) is 1.74. The molecule has 0 fully saturated rings. The van der Waals surface area contributed by atoms with Gasteiger partial charge in [0.15, 0.2) is 0 Å². The maximum Gasteiger partial charge on any atom is 0.0870 e. The highest BCUT2D eigenvalue weighted by Crippen LogP contribution is 1.94. The molecule has 0 radical (unpaired) electrons. The van der Waals surface area contributed by atoms with Gasteiger partial charge in [0, 0.05) is 26.8 Å². The first-order valence-corrected chi connectivity index (χ1v) is 5.11. The summed E-state index contributed by atoms with van der Waals surface area (Å²) in [7, 11) is 1.72. The van der Waals surface area contributed by atoms with Crippen molar-refractivity contribution in [2.75, 3.05) is 33.4 Å². The van der Waals surface area contributed by atoms with E-state index in [-0.39, 0.29) is 0 Å². The van der Waals surface area contributed by atoms with Crippen LogP contribution in [0.25, 0.3) is 0 Å². The number of rotatable bonds is 8. The molecule has 0 aliphatic rings. The van der Waals surface area contributed by atoms with E-state index in [0.29, 0.717) is 4.99 Å². The van der Waals surface area contributed by atoms with Crippen molar-refractivity contribution < 1.29 is 4.74 Å². The molecule has 13 heavy (non-hydrogen) atoms. The van der Waals surface area contributed by atoms with Crippen LogP contribution >= 0.6 is 12.2 Å². The monoisotopic (exact) mass is 204 g/mol. The average molecular weight is 204 g/mol. The first kappa shape index (κ1) is 12.8. The fourth-order valence-electron chi connectivity index (χ4n) is 1.24. The lowest BCUT2D eigenvalue weighted by Gasteiger charge is -2.20. The lowest BCUT2D eigenvalue weighted by Crippen LogP contribution is -2.34. The fraction of sp³-hybridized carbons (Fsp3) is 0.889. The highest BCUT2D eigenvalue weighted by atomic mass is 32.1. The van der Waals surface area contributed by atoms with Crippen LogP contribution in [0.5, 0.6) is 0 Å². The summed E-state index contributed by atoms with van der Waals surface area (Å²) in [6.07, 6.45) is 2.18. The van der Waals surface area contributed by atoms with E-state index in [9.17, 15) is 0 Å². The van der Waals surface area contributed by atoms with Gasteiger partial charge in [-0.3, -0.25) is 4.90 Å². The van der Waals surface area contributed by atoms with Gasteiger partial charge < -0.3 is 10.5 Å². The second kappa shape index (κ2) is 8.41. The predicted octanol–water partition coefficient (Wildman–Crippen LogP) is 1.02. The van der Waals surface area contributed by atoms with E-state index < -0.39 is 0 Å². The first-order chi connectivity index (χ1) is 6.20. The Morgan fingerprint density at radius 3 is 2.62 bits per heavy atom. The zero-order valence-corrected chi connectivity index (χ0v) is 9.40. The summed E-state index contributed by atoms with van der Waals surface area (Å²) in [4.78, 5) is 2.84. The molecule has 0 rings (SSSR count). The van der Waals surface area contributed by atoms with E-state index in [4.69, 9.17) is 22.7 Å². The van der Waals surface area contributed by atoms with Crippen LogP contribution in [-0.4, -0.2) is 43.2 Å². The van der Waals surface area contributed by atoms with Gasteiger partial charge in [-0.05, 0) is 19.4 Å². The van der Waals surface area contributed by atoms with Gasteiger partial charge in [0.25, 0.3) is 0 Å². The van der Waals surface area contributed by atoms with E-state index in [2.05, 4.69) is 11.8 Å². The number of ether oxygens (including phenoxy) is 1. The van der Waals surface area contributed by atoms with Gasteiger partial charge in [-0.25, -0.2) is 0 Å². The molecule has 2 N–H and O–H groups in total. The van der Waals surface area contributed by atoms with Crippen LogP contribution in [-0.2, 0) is 4.74 Å². The van der Waals surface area contributed by atoms with Gasteiger partial charge in [0.1, 0.15) is 0 Å². The number of thiocarbonyl (C=S) groups is 1. The molecule has 0 atom stereocenters. The van der Waals surface area contributed by atoms with Crippen LogP contribution < -0.4 is 5.73 Å². The van der Waals surface area contributed by atoms with Crippen molar-refractivity contribution in [3.63, 3.8) is 0 Å². The van der Waals surface area contributed by atoms with E-state index in [1.54, 1.807) is 7.11 Å². The zero-order valence-electron chi connectivity index (χ0n) is 8.58. The summed E-state index contributed by atoms with van der Waals surface area (Å²) >= 11 is 4.87. The topological polar surface area (TPSA) is 38.5 Å². The standard InChI is InChI=1S/C9H20N2OS/c1-3-5-11(8-9(10)13)6-4-7-12-2/h3-8H2,1-2H3,(H2,10,13). The van der Waals surface area contributed by atoms with E-state index in [1.165, 1.54) is 0 Å². The van der Waals surface area contributed by atoms with E-state index >= 15 is 0 Å². The summed E-state index contributed by atoms with van der Waals surface area (Å²) in [5, 5.41) is 0. The van der Waals surface area contributed by atoms with Gasteiger partial charge in [-0.1, -0.05) is 19.1 Å².